The summed E-state index contributed by atoms with van der Waals surface area (Å²) < 4.78 is 5.35. The molecule has 1 aromatic heterocycles. The molecule has 2 rings (SSSR count). The van der Waals surface area contributed by atoms with E-state index < -0.39 is 0 Å². The minimum Gasteiger partial charge on any atom is -0.378 e. The van der Waals surface area contributed by atoms with Crippen LogP contribution in [0, 0.1) is 18.3 Å². The topological polar surface area (TPSA) is 89.9 Å². The molecule has 0 unspecified atom stereocenters. The number of H-pyrrole nitrogens is 1. The van der Waals surface area contributed by atoms with Gasteiger partial charge in [-0.2, -0.15) is 5.26 Å². The van der Waals surface area contributed by atoms with Crippen molar-refractivity contribution in [2.75, 3.05) is 20.2 Å². The van der Waals surface area contributed by atoms with E-state index in [-0.39, 0.29) is 18.1 Å². The predicted octanol–water partition coefficient (Wildman–Crippen LogP) is 0.302. The fourth-order valence-corrected chi connectivity index (χ4v) is 2.29. The normalized spacial score (nSPS) is 22.8. The van der Waals surface area contributed by atoms with E-state index in [2.05, 4.69) is 15.6 Å². The van der Waals surface area contributed by atoms with Crippen LogP contribution in [-0.4, -0.2) is 43.2 Å². The van der Waals surface area contributed by atoms with Crippen LogP contribution in [0.3, 0.4) is 0 Å². The van der Waals surface area contributed by atoms with Gasteiger partial charge in [-0.05, 0) is 26.0 Å². The molecule has 6 heteroatoms. The first-order valence-corrected chi connectivity index (χ1v) is 6.29. The van der Waals surface area contributed by atoms with E-state index in [0.29, 0.717) is 17.0 Å². The van der Waals surface area contributed by atoms with Crippen molar-refractivity contribution >= 4 is 5.91 Å². The second kappa shape index (κ2) is 5.87. The molecule has 1 aliphatic rings. The van der Waals surface area contributed by atoms with Crippen molar-refractivity contribution < 1.29 is 9.53 Å². The van der Waals surface area contributed by atoms with Gasteiger partial charge in [0.25, 0.3) is 5.91 Å². The number of ether oxygens (including phenoxy) is 1. The molecule has 0 spiro atoms. The number of aromatic amines is 1. The molecule has 1 saturated heterocycles. The molecule has 102 valence electrons. The zero-order valence-electron chi connectivity index (χ0n) is 11.1. The van der Waals surface area contributed by atoms with E-state index in [9.17, 15) is 4.79 Å². The molecule has 0 saturated carbocycles. The van der Waals surface area contributed by atoms with Crippen LogP contribution in [0.2, 0.25) is 0 Å². The molecule has 0 aliphatic carbocycles. The van der Waals surface area contributed by atoms with Crippen LogP contribution in [0.25, 0.3) is 0 Å². The third kappa shape index (κ3) is 2.95. The number of hydrogen-bond acceptors (Lipinski definition) is 4. The number of nitrogens with one attached hydrogen (secondary N) is 3. The van der Waals surface area contributed by atoms with E-state index in [1.165, 1.54) is 0 Å². The van der Waals surface area contributed by atoms with Gasteiger partial charge in [-0.15, -0.1) is 0 Å². The maximum Gasteiger partial charge on any atom is 0.268 e. The fraction of sp³-hybridized carbons (Fsp3) is 0.538. The molecule has 3 N–H and O–H groups in total. The Bertz CT molecular complexity index is 503. The molecular weight excluding hydrogens is 244 g/mol. The molecule has 1 amide bonds. The summed E-state index contributed by atoms with van der Waals surface area (Å²) in [7, 11) is 1.64. The Morgan fingerprint density at radius 1 is 1.63 bits per heavy atom. The monoisotopic (exact) mass is 262 g/mol. The van der Waals surface area contributed by atoms with Crippen LogP contribution in [0.15, 0.2) is 6.07 Å². The molecule has 0 bridgehead atoms. The Balaban J connectivity index is 2.05. The lowest BCUT2D eigenvalue weighted by Gasteiger charge is -2.31. The minimum atomic E-state index is -0.196. The van der Waals surface area contributed by atoms with Crippen molar-refractivity contribution in [2.45, 2.75) is 25.5 Å². The molecule has 6 nitrogen and oxygen atoms in total. The largest absolute Gasteiger partial charge is 0.378 e. The smallest absolute Gasteiger partial charge is 0.268 e. The average molecular weight is 262 g/mol. The number of nitrogens with zero attached hydrogens (tertiary/aromatic N) is 1. The summed E-state index contributed by atoms with van der Waals surface area (Å²) in [5.74, 6) is -0.196. The maximum atomic E-state index is 12.1. The van der Waals surface area contributed by atoms with Gasteiger partial charge in [0.1, 0.15) is 11.8 Å². The summed E-state index contributed by atoms with van der Waals surface area (Å²) >= 11 is 0. The standard InChI is InChI=1S/C13H18N4O2/c1-8-9(6-14)5-11(16-8)13(18)17-10-3-4-15-7-12(10)19-2/h5,10,12,15-16H,3-4,7H2,1-2H3,(H,17,18)/t10-,12+/m1/s1. The fourth-order valence-electron chi connectivity index (χ4n) is 2.29. The Kier molecular flexibility index (Phi) is 4.20. The van der Waals surface area contributed by atoms with E-state index in [4.69, 9.17) is 10.00 Å². The van der Waals surface area contributed by atoms with Gasteiger partial charge < -0.3 is 20.4 Å². The number of carbonyl (C=O) groups excluding carboxylic acids is 1. The summed E-state index contributed by atoms with van der Waals surface area (Å²) in [5, 5.41) is 15.1. The molecule has 1 aliphatic heterocycles. The van der Waals surface area contributed by atoms with Crippen LogP contribution >= 0.6 is 0 Å². The van der Waals surface area contributed by atoms with E-state index >= 15 is 0 Å². The van der Waals surface area contributed by atoms with Crippen molar-refractivity contribution in [1.29, 1.82) is 5.26 Å². The van der Waals surface area contributed by atoms with Gasteiger partial charge in [0, 0.05) is 19.3 Å². The zero-order chi connectivity index (χ0) is 13.8. The number of aryl methyl sites for hydroxylation is 1. The van der Waals surface area contributed by atoms with Gasteiger partial charge in [-0.25, -0.2) is 0 Å². The maximum absolute atomic E-state index is 12.1. The highest BCUT2D eigenvalue weighted by Crippen LogP contribution is 2.11. The van der Waals surface area contributed by atoms with E-state index in [0.717, 1.165) is 19.5 Å². The number of methoxy groups -OCH3 is 1. The Labute approximate surface area is 112 Å². The zero-order valence-corrected chi connectivity index (χ0v) is 11.1. The highest BCUT2D eigenvalue weighted by molar-refractivity contribution is 5.93. The van der Waals surface area contributed by atoms with Gasteiger partial charge in [0.2, 0.25) is 0 Å². The molecule has 2 heterocycles. The number of piperidine rings is 1. The Morgan fingerprint density at radius 2 is 2.42 bits per heavy atom. The minimum absolute atomic E-state index is 0.00658. The van der Waals surface area contributed by atoms with E-state index in [1.54, 1.807) is 20.1 Å². The van der Waals surface area contributed by atoms with Crippen LogP contribution in [-0.2, 0) is 4.74 Å². The molecule has 19 heavy (non-hydrogen) atoms. The highest BCUT2D eigenvalue weighted by Gasteiger charge is 2.26. The first kappa shape index (κ1) is 13.6. The molecule has 1 fully saturated rings. The summed E-state index contributed by atoms with van der Waals surface area (Å²) in [6.45, 7) is 3.37. The number of nitriles is 1. The first-order chi connectivity index (χ1) is 9.15. The molecule has 2 atom stereocenters. The summed E-state index contributed by atoms with van der Waals surface area (Å²) in [4.78, 5) is 15.1. The van der Waals surface area contributed by atoms with Gasteiger partial charge in [0.15, 0.2) is 0 Å². The quantitative estimate of drug-likeness (QED) is 0.731. The summed E-state index contributed by atoms with van der Waals surface area (Å²) in [6.07, 6.45) is 0.805. The van der Waals surface area contributed by atoms with Crippen LogP contribution in [0.1, 0.15) is 28.2 Å². The van der Waals surface area contributed by atoms with Crippen molar-refractivity contribution in [1.82, 2.24) is 15.6 Å². The van der Waals surface area contributed by atoms with Crippen molar-refractivity contribution in [3.05, 3.63) is 23.0 Å². The number of hydrogen-bond donors (Lipinski definition) is 3. The Morgan fingerprint density at radius 3 is 3.05 bits per heavy atom. The second-order valence-electron chi connectivity index (χ2n) is 4.68. The van der Waals surface area contributed by atoms with Crippen LogP contribution < -0.4 is 10.6 Å². The van der Waals surface area contributed by atoms with Gasteiger partial charge in [0.05, 0.1) is 17.7 Å². The molecular formula is C13H18N4O2. The molecule has 0 aromatic carbocycles. The van der Waals surface area contributed by atoms with Gasteiger partial charge in [-0.1, -0.05) is 0 Å². The highest BCUT2D eigenvalue weighted by atomic mass is 16.5. The molecule has 0 radical (unpaired) electrons. The van der Waals surface area contributed by atoms with Crippen molar-refractivity contribution in [3.63, 3.8) is 0 Å². The van der Waals surface area contributed by atoms with E-state index in [1.807, 2.05) is 6.07 Å². The third-order valence-electron chi connectivity index (χ3n) is 3.43. The summed E-state index contributed by atoms with van der Waals surface area (Å²) in [5.41, 5.74) is 1.63. The Hall–Kier alpha value is -1.84. The SMILES string of the molecule is CO[C@H]1CNCC[C@H]1NC(=O)c1cc(C#N)c(C)[nH]1. The second-order valence-corrected chi connectivity index (χ2v) is 4.68. The van der Waals surface area contributed by atoms with Crippen LogP contribution in [0.5, 0.6) is 0 Å². The lowest BCUT2D eigenvalue weighted by Crippen LogP contribution is -2.53. The van der Waals surface area contributed by atoms with Crippen LogP contribution in [0.4, 0.5) is 0 Å². The number of rotatable bonds is 3. The number of carbonyl (C=O) groups is 1. The summed E-state index contributed by atoms with van der Waals surface area (Å²) in [6, 6.07) is 3.62. The van der Waals surface area contributed by atoms with Gasteiger partial charge >= 0.3 is 0 Å². The van der Waals surface area contributed by atoms with Crippen molar-refractivity contribution in [3.8, 4) is 6.07 Å². The predicted molar refractivity (Wildman–Crippen MR) is 69.8 cm³/mol. The first-order valence-electron chi connectivity index (χ1n) is 6.29. The molecule has 1 aromatic rings. The third-order valence-corrected chi connectivity index (χ3v) is 3.43. The lowest BCUT2D eigenvalue weighted by molar-refractivity contribution is 0.0475. The van der Waals surface area contributed by atoms with Crippen molar-refractivity contribution in [2.24, 2.45) is 0 Å². The average Bonchev–Trinajstić information content (AvgIpc) is 2.80. The lowest BCUT2D eigenvalue weighted by atomic mass is 10.0. The number of amides is 1. The number of aromatic nitrogens is 1. The van der Waals surface area contributed by atoms with Gasteiger partial charge in [-0.3, -0.25) is 4.79 Å².